The van der Waals surface area contributed by atoms with Crippen LogP contribution in [0.15, 0.2) is 18.2 Å². The lowest BCUT2D eigenvalue weighted by molar-refractivity contribution is -0.133. The van der Waals surface area contributed by atoms with Crippen LogP contribution in [0, 0.1) is 0 Å². The maximum absolute atomic E-state index is 12.8. The molecule has 1 aromatic carbocycles. The average Bonchev–Trinajstić information content (AvgIpc) is 2.71. The molecule has 3 amide bonds. The van der Waals surface area contributed by atoms with Gasteiger partial charge < -0.3 is 15.0 Å². The molecule has 9 heteroatoms. The number of halogens is 1. The number of carbonyl (C=O) groups is 3. The summed E-state index contributed by atoms with van der Waals surface area (Å²) in [4.78, 5) is 42.2. The van der Waals surface area contributed by atoms with Crippen LogP contribution >= 0.6 is 11.6 Å². The Kier molecular flexibility index (Phi) is 7.33. The number of rotatable bonds is 7. The molecule has 0 radical (unpaired) electrons. The number of benzene rings is 1. The van der Waals surface area contributed by atoms with Gasteiger partial charge in [0.05, 0.1) is 12.2 Å². The molecule has 1 saturated heterocycles. The Morgan fingerprint density at radius 3 is 2.66 bits per heavy atom. The van der Waals surface area contributed by atoms with Crippen molar-refractivity contribution in [3.05, 3.63) is 23.2 Å². The molecule has 8 nitrogen and oxygen atoms in total. The van der Waals surface area contributed by atoms with Crippen LogP contribution in [0.5, 0.6) is 5.75 Å². The summed E-state index contributed by atoms with van der Waals surface area (Å²) in [5.74, 6) is 0.167. The molecule has 3 rings (SSSR count). The van der Waals surface area contributed by atoms with Crippen molar-refractivity contribution in [1.29, 1.82) is 0 Å². The molecule has 0 unspecified atom stereocenters. The number of nitrogens with zero attached hydrogens (tertiary/aromatic N) is 3. The van der Waals surface area contributed by atoms with Crippen molar-refractivity contribution >= 4 is 35.0 Å². The summed E-state index contributed by atoms with van der Waals surface area (Å²) in [5.41, 5.74) is 0.518. The number of unbranched alkanes of at least 4 members (excludes halogenated alkanes) is 1. The second kappa shape index (κ2) is 9.93. The van der Waals surface area contributed by atoms with Crippen molar-refractivity contribution in [2.75, 3.05) is 57.3 Å². The molecule has 0 aliphatic carbocycles. The van der Waals surface area contributed by atoms with E-state index in [2.05, 4.69) is 12.2 Å². The molecule has 1 N–H and O–H groups in total. The Morgan fingerprint density at radius 1 is 1.17 bits per heavy atom. The summed E-state index contributed by atoms with van der Waals surface area (Å²) in [6.45, 7) is 5.31. The maximum atomic E-state index is 12.8. The first kappa shape index (κ1) is 21.4. The molecular weight excluding hydrogens is 396 g/mol. The van der Waals surface area contributed by atoms with Crippen LogP contribution in [-0.2, 0) is 14.4 Å². The SMILES string of the molecule is CCCCNC(=O)CN1CCN(C(=O)CN2C(=O)COc3ccc(Cl)cc32)CC1. The van der Waals surface area contributed by atoms with Gasteiger partial charge in [0.1, 0.15) is 12.3 Å². The van der Waals surface area contributed by atoms with Crippen LogP contribution in [0.1, 0.15) is 19.8 Å². The lowest BCUT2D eigenvalue weighted by Gasteiger charge is -2.36. The number of hydrogen-bond donors (Lipinski definition) is 1. The number of nitrogens with one attached hydrogen (secondary N) is 1. The van der Waals surface area contributed by atoms with E-state index >= 15 is 0 Å². The molecule has 0 bridgehead atoms. The van der Waals surface area contributed by atoms with E-state index in [0.29, 0.717) is 55.7 Å². The highest BCUT2D eigenvalue weighted by Crippen LogP contribution is 2.34. The van der Waals surface area contributed by atoms with E-state index in [1.165, 1.54) is 4.90 Å². The lowest BCUT2D eigenvalue weighted by atomic mass is 10.2. The normalized spacial score (nSPS) is 17.0. The van der Waals surface area contributed by atoms with Gasteiger partial charge in [-0.05, 0) is 24.6 Å². The Hall–Kier alpha value is -2.32. The summed E-state index contributed by atoms with van der Waals surface area (Å²) in [7, 11) is 0. The van der Waals surface area contributed by atoms with E-state index in [1.54, 1.807) is 23.1 Å². The van der Waals surface area contributed by atoms with Crippen LogP contribution in [0.2, 0.25) is 5.02 Å². The standard InChI is InChI=1S/C20H27ClN4O4/c1-2-3-6-22-18(26)12-23-7-9-24(10-8-23)19(27)13-25-16-11-15(21)4-5-17(16)29-14-20(25)28/h4-5,11H,2-3,6-10,12-14H2,1H3,(H,22,26). The maximum Gasteiger partial charge on any atom is 0.265 e. The Labute approximate surface area is 175 Å². The number of ether oxygens (including phenoxy) is 1. The molecule has 0 atom stereocenters. The molecule has 0 aromatic heterocycles. The highest BCUT2D eigenvalue weighted by atomic mass is 35.5. The zero-order valence-corrected chi connectivity index (χ0v) is 17.4. The van der Waals surface area contributed by atoms with E-state index in [4.69, 9.17) is 16.3 Å². The van der Waals surface area contributed by atoms with Crippen LogP contribution in [0.4, 0.5) is 5.69 Å². The third kappa shape index (κ3) is 5.61. The third-order valence-electron chi connectivity index (χ3n) is 5.10. The van der Waals surface area contributed by atoms with Crippen molar-refractivity contribution in [2.24, 2.45) is 0 Å². The van der Waals surface area contributed by atoms with Gasteiger partial charge in [-0.3, -0.25) is 24.2 Å². The van der Waals surface area contributed by atoms with E-state index in [-0.39, 0.29) is 30.9 Å². The minimum absolute atomic E-state index is 0.0191. The number of amides is 3. The second-order valence-electron chi connectivity index (χ2n) is 7.24. The van der Waals surface area contributed by atoms with E-state index in [1.807, 2.05) is 4.90 Å². The number of fused-ring (bicyclic) bond motifs is 1. The molecule has 2 aliphatic heterocycles. The number of carbonyl (C=O) groups excluding carboxylic acids is 3. The molecule has 2 aliphatic rings. The summed E-state index contributed by atoms with van der Waals surface area (Å²) in [5, 5.41) is 3.39. The Bertz CT molecular complexity index is 765. The van der Waals surface area contributed by atoms with Gasteiger partial charge in [0, 0.05) is 37.7 Å². The largest absolute Gasteiger partial charge is 0.482 e. The van der Waals surface area contributed by atoms with E-state index < -0.39 is 0 Å². The van der Waals surface area contributed by atoms with Gasteiger partial charge in [0.25, 0.3) is 5.91 Å². The number of hydrogen-bond acceptors (Lipinski definition) is 5. The monoisotopic (exact) mass is 422 g/mol. The summed E-state index contributed by atoms with van der Waals surface area (Å²) in [6, 6.07) is 5.02. The summed E-state index contributed by atoms with van der Waals surface area (Å²) in [6.07, 6.45) is 2.02. The first-order chi connectivity index (χ1) is 14.0. The molecule has 29 heavy (non-hydrogen) atoms. The molecule has 0 spiro atoms. The predicted octanol–water partition coefficient (Wildman–Crippen LogP) is 1.13. The third-order valence-corrected chi connectivity index (χ3v) is 5.34. The van der Waals surface area contributed by atoms with Crippen LogP contribution < -0.4 is 15.0 Å². The smallest absolute Gasteiger partial charge is 0.265 e. The van der Waals surface area contributed by atoms with E-state index in [9.17, 15) is 14.4 Å². The van der Waals surface area contributed by atoms with Crippen molar-refractivity contribution in [2.45, 2.75) is 19.8 Å². The minimum atomic E-state index is -0.268. The fourth-order valence-electron chi connectivity index (χ4n) is 3.40. The van der Waals surface area contributed by atoms with Gasteiger partial charge in [-0.1, -0.05) is 24.9 Å². The van der Waals surface area contributed by atoms with E-state index in [0.717, 1.165) is 12.8 Å². The van der Waals surface area contributed by atoms with Crippen molar-refractivity contribution in [3.8, 4) is 5.75 Å². The Morgan fingerprint density at radius 2 is 1.93 bits per heavy atom. The van der Waals surface area contributed by atoms with Gasteiger partial charge in [-0.15, -0.1) is 0 Å². The fraction of sp³-hybridized carbons (Fsp3) is 0.550. The molecule has 2 heterocycles. The molecular formula is C20H27ClN4O4. The van der Waals surface area contributed by atoms with Crippen molar-refractivity contribution < 1.29 is 19.1 Å². The van der Waals surface area contributed by atoms with Gasteiger partial charge in [-0.2, -0.15) is 0 Å². The van der Waals surface area contributed by atoms with Gasteiger partial charge in [0.2, 0.25) is 11.8 Å². The predicted molar refractivity (Wildman–Crippen MR) is 110 cm³/mol. The molecule has 1 fully saturated rings. The molecule has 158 valence electrons. The van der Waals surface area contributed by atoms with Gasteiger partial charge in [-0.25, -0.2) is 0 Å². The lowest BCUT2D eigenvalue weighted by Crippen LogP contribution is -2.54. The van der Waals surface area contributed by atoms with Crippen LogP contribution in [0.3, 0.4) is 0 Å². The molecule has 1 aromatic rings. The summed E-state index contributed by atoms with van der Waals surface area (Å²) < 4.78 is 5.41. The zero-order valence-electron chi connectivity index (χ0n) is 16.7. The highest BCUT2D eigenvalue weighted by molar-refractivity contribution is 6.31. The minimum Gasteiger partial charge on any atom is -0.482 e. The van der Waals surface area contributed by atoms with Crippen LogP contribution in [0.25, 0.3) is 0 Å². The first-order valence-electron chi connectivity index (χ1n) is 9.97. The topological polar surface area (TPSA) is 82.2 Å². The van der Waals surface area contributed by atoms with Crippen LogP contribution in [-0.4, -0.2) is 79.9 Å². The number of piperazine rings is 1. The average molecular weight is 423 g/mol. The summed E-state index contributed by atoms with van der Waals surface area (Å²) >= 11 is 6.05. The molecule has 0 saturated carbocycles. The highest BCUT2D eigenvalue weighted by Gasteiger charge is 2.30. The Balaban J connectivity index is 1.51. The van der Waals surface area contributed by atoms with Crippen molar-refractivity contribution in [3.63, 3.8) is 0 Å². The first-order valence-corrected chi connectivity index (χ1v) is 10.3. The quantitative estimate of drug-likeness (QED) is 0.666. The second-order valence-corrected chi connectivity index (χ2v) is 7.68. The fourth-order valence-corrected chi connectivity index (χ4v) is 3.57. The van der Waals surface area contributed by atoms with Crippen molar-refractivity contribution in [1.82, 2.24) is 15.1 Å². The van der Waals surface area contributed by atoms with Gasteiger partial charge >= 0.3 is 0 Å². The van der Waals surface area contributed by atoms with Gasteiger partial charge in [0.15, 0.2) is 6.61 Å². The number of anilines is 1. The zero-order chi connectivity index (χ0) is 20.8.